The second-order valence-electron chi connectivity index (χ2n) is 11.1. The molecule has 4 aliphatic heterocycles. The van der Waals surface area contributed by atoms with Gasteiger partial charge in [0.05, 0.1) is 45.6 Å². The maximum absolute atomic E-state index is 5.15. The van der Waals surface area contributed by atoms with E-state index in [2.05, 4.69) is 142 Å². The number of aliphatic imine (C=N–C) groups is 2. The van der Waals surface area contributed by atoms with Crippen molar-refractivity contribution in [1.29, 1.82) is 0 Å². The Morgan fingerprint density at radius 3 is 1.36 bits per heavy atom. The minimum Gasteiger partial charge on any atom is -0.340 e. The standard InChI is InChI=1S/C38H32N6/c1-3-15-29(16-4-1)43-35-23-9-7-19-33(35)41-37(43)25-27-13-11-21-31(39-27)32-22-12-14-28(40-32)26-38-42-34-20-8-10-24-36(34)44(38)30-17-5-2-6-18-30/h1-10,13-20,23-26,41-42H,11-12,21-22H2/b37-25+,38-26+. The molecule has 4 aromatic carbocycles. The van der Waals surface area contributed by atoms with Crippen LogP contribution in [0.2, 0.25) is 0 Å². The summed E-state index contributed by atoms with van der Waals surface area (Å²) in [5, 5.41) is 7.23. The van der Waals surface area contributed by atoms with Gasteiger partial charge in [0.2, 0.25) is 0 Å². The van der Waals surface area contributed by atoms with Crippen LogP contribution >= 0.6 is 0 Å². The first-order valence-electron chi connectivity index (χ1n) is 15.2. The molecule has 0 spiro atoms. The number of hydrogen-bond acceptors (Lipinski definition) is 6. The average Bonchev–Trinajstić information content (AvgIpc) is 3.63. The summed E-state index contributed by atoms with van der Waals surface area (Å²) < 4.78 is 0. The van der Waals surface area contributed by atoms with Gasteiger partial charge in [-0.05, 0) is 74.2 Å². The predicted octanol–water partition coefficient (Wildman–Crippen LogP) is 9.43. The van der Waals surface area contributed by atoms with Crippen molar-refractivity contribution in [2.24, 2.45) is 9.98 Å². The Hall–Kier alpha value is -5.62. The van der Waals surface area contributed by atoms with E-state index in [-0.39, 0.29) is 0 Å². The van der Waals surface area contributed by atoms with E-state index in [1.54, 1.807) is 0 Å². The lowest BCUT2D eigenvalue weighted by molar-refractivity contribution is 1.01. The van der Waals surface area contributed by atoms with E-state index in [1.165, 1.54) is 0 Å². The summed E-state index contributed by atoms with van der Waals surface area (Å²) in [5.74, 6) is 2.00. The monoisotopic (exact) mass is 572 g/mol. The Balaban J connectivity index is 1.09. The number of nitrogens with one attached hydrogen (secondary N) is 2. The molecule has 0 radical (unpaired) electrons. The molecule has 214 valence electrons. The summed E-state index contributed by atoms with van der Waals surface area (Å²) in [4.78, 5) is 14.8. The van der Waals surface area contributed by atoms with Crippen LogP contribution in [0.4, 0.5) is 34.1 Å². The van der Waals surface area contributed by atoms with Gasteiger partial charge in [0.1, 0.15) is 11.6 Å². The normalized spacial score (nSPS) is 19.0. The summed E-state index contributed by atoms with van der Waals surface area (Å²) in [7, 11) is 0. The van der Waals surface area contributed by atoms with E-state index in [4.69, 9.17) is 9.98 Å². The maximum Gasteiger partial charge on any atom is 0.117 e. The van der Waals surface area contributed by atoms with Crippen LogP contribution in [0.1, 0.15) is 25.7 Å². The smallest absolute Gasteiger partial charge is 0.117 e. The molecule has 0 aromatic heterocycles. The van der Waals surface area contributed by atoms with Crippen LogP contribution in [0.25, 0.3) is 0 Å². The lowest BCUT2D eigenvalue weighted by Gasteiger charge is -2.22. The summed E-state index contributed by atoms with van der Waals surface area (Å²) in [6.45, 7) is 0. The van der Waals surface area contributed by atoms with E-state index in [0.717, 1.165) is 94.3 Å². The second-order valence-corrected chi connectivity index (χ2v) is 11.1. The lowest BCUT2D eigenvalue weighted by atomic mass is 10.00. The number of anilines is 6. The van der Waals surface area contributed by atoms with Gasteiger partial charge in [0, 0.05) is 23.5 Å². The molecule has 0 atom stereocenters. The van der Waals surface area contributed by atoms with Crippen LogP contribution in [-0.4, -0.2) is 11.4 Å². The average molecular weight is 573 g/mol. The minimum absolute atomic E-state index is 0.894. The van der Waals surface area contributed by atoms with Crippen LogP contribution in [0.5, 0.6) is 0 Å². The lowest BCUT2D eigenvalue weighted by Crippen LogP contribution is -2.20. The van der Waals surface area contributed by atoms with Crippen molar-refractivity contribution in [3.8, 4) is 0 Å². The zero-order valence-corrected chi connectivity index (χ0v) is 24.3. The third-order valence-electron chi connectivity index (χ3n) is 8.23. The van der Waals surface area contributed by atoms with Crippen LogP contribution < -0.4 is 20.4 Å². The van der Waals surface area contributed by atoms with Crippen molar-refractivity contribution in [2.75, 3.05) is 20.4 Å². The van der Waals surface area contributed by atoms with Crippen molar-refractivity contribution >= 4 is 45.5 Å². The van der Waals surface area contributed by atoms with E-state index < -0.39 is 0 Å². The molecule has 4 aliphatic rings. The van der Waals surface area contributed by atoms with Crippen LogP contribution in [0.15, 0.2) is 167 Å². The summed E-state index contributed by atoms with van der Waals surface area (Å²) in [6.07, 6.45) is 12.4. The van der Waals surface area contributed by atoms with Crippen molar-refractivity contribution in [3.05, 3.63) is 157 Å². The maximum atomic E-state index is 5.15. The van der Waals surface area contributed by atoms with E-state index >= 15 is 0 Å². The van der Waals surface area contributed by atoms with Crippen LogP contribution in [0.3, 0.4) is 0 Å². The number of nitrogens with zero attached hydrogens (tertiary/aromatic N) is 4. The van der Waals surface area contributed by atoms with Crippen molar-refractivity contribution in [1.82, 2.24) is 0 Å². The number of allylic oxidation sites excluding steroid dienone is 4. The number of para-hydroxylation sites is 6. The first-order chi connectivity index (χ1) is 21.8. The Morgan fingerprint density at radius 1 is 0.500 bits per heavy atom. The Kier molecular flexibility index (Phi) is 6.64. The molecule has 6 heteroatoms. The van der Waals surface area contributed by atoms with Gasteiger partial charge in [-0.1, -0.05) is 72.8 Å². The van der Waals surface area contributed by atoms with Gasteiger partial charge < -0.3 is 10.6 Å². The number of fused-ring (bicyclic) bond motifs is 2. The van der Waals surface area contributed by atoms with Gasteiger partial charge >= 0.3 is 0 Å². The zero-order chi connectivity index (χ0) is 29.3. The molecule has 44 heavy (non-hydrogen) atoms. The topological polar surface area (TPSA) is 55.3 Å². The number of benzene rings is 4. The molecule has 0 amide bonds. The molecular formula is C38H32N6. The molecule has 0 aliphatic carbocycles. The first-order valence-corrected chi connectivity index (χ1v) is 15.2. The summed E-state index contributed by atoms with van der Waals surface area (Å²) >= 11 is 0. The van der Waals surface area contributed by atoms with Gasteiger partial charge in [-0.2, -0.15) is 0 Å². The van der Waals surface area contributed by atoms with Gasteiger partial charge in [-0.25, -0.2) is 0 Å². The zero-order valence-electron chi connectivity index (χ0n) is 24.3. The van der Waals surface area contributed by atoms with Crippen LogP contribution in [-0.2, 0) is 0 Å². The number of hydrogen-bond donors (Lipinski definition) is 2. The van der Waals surface area contributed by atoms with Crippen molar-refractivity contribution in [2.45, 2.75) is 25.7 Å². The molecule has 6 nitrogen and oxygen atoms in total. The van der Waals surface area contributed by atoms with Crippen molar-refractivity contribution in [3.63, 3.8) is 0 Å². The fourth-order valence-corrected chi connectivity index (χ4v) is 6.22. The third-order valence-corrected chi connectivity index (χ3v) is 8.23. The third kappa shape index (κ3) is 4.90. The molecule has 4 aromatic rings. The number of rotatable bonds is 5. The molecule has 4 heterocycles. The quantitative estimate of drug-likeness (QED) is 0.250. The predicted molar refractivity (Wildman–Crippen MR) is 183 cm³/mol. The largest absolute Gasteiger partial charge is 0.340 e. The summed E-state index contributed by atoms with van der Waals surface area (Å²) in [5.41, 5.74) is 10.8. The van der Waals surface area contributed by atoms with Gasteiger partial charge in [0.15, 0.2) is 0 Å². The highest BCUT2D eigenvalue weighted by Gasteiger charge is 2.27. The summed E-state index contributed by atoms with van der Waals surface area (Å²) in [6, 6.07) is 37.8. The highest BCUT2D eigenvalue weighted by Crippen LogP contribution is 2.43. The van der Waals surface area contributed by atoms with Gasteiger partial charge in [-0.15, -0.1) is 0 Å². The highest BCUT2D eigenvalue weighted by atomic mass is 15.3. The second kappa shape index (κ2) is 11.2. The molecule has 0 bridgehead atoms. The van der Waals surface area contributed by atoms with E-state index in [9.17, 15) is 0 Å². The fraction of sp³-hybridized carbons (Fsp3) is 0.105. The molecular weight excluding hydrogens is 540 g/mol. The van der Waals surface area contributed by atoms with Crippen molar-refractivity contribution < 1.29 is 0 Å². The molecule has 0 saturated carbocycles. The fourth-order valence-electron chi connectivity index (χ4n) is 6.22. The molecule has 0 saturated heterocycles. The van der Waals surface area contributed by atoms with Crippen LogP contribution in [0, 0.1) is 0 Å². The highest BCUT2D eigenvalue weighted by molar-refractivity contribution is 6.43. The first kappa shape index (κ1) is 26.0. The molecule has 0 fully saturated rings. The van der Waals surface area contributed by atoms with E-state index in [1.807, 2.05) is 12.1 Å². The molecule has 2 N–H and O–H groups in total. The molecule has 0 unspecified atom stereocenters. The Bertz CT molecular complexity index is 1770. The van der Waals surface area contributed by atoms with Gasteiger partial charge in [0.25, 0.3) is 0 Å². The Labute approximate surface area is 257 Å². The Morgan fingerprint density at radius 2 is 0.909 bits per heavy atom. The van der Waals surface area contributed by atoms with Gasteiger partial charge in [-0.3, -0.25) is 19.8 Å². The SMILES string of the molecule is C1=C(/C=C2\Nc3ccccc3N2c2ccccc2)N=C(C2=NC(/C=C3\Nc4ccccc4N3c3ccccc3)=CCC2)CC1. The van der Waals surface area contributed by atoms with E-state index in [0.29, 0.717) is 0 Å². The molecule has 8 rings (SSSR count). The minimum atomic E-state index is 0.894.